The molecule has 232 valence electrons. The molecule has 14 nitrogen and oxygen atoms in total. The van der Waals surface area contributed by atoms with Crippen molar-refractivity contribution in [2.24, 2.45) is 5.92 Å². The van der Waals surface area contributed by atoms with Crippen LogP contribution in [0.15, 0.2) is 0 Å². The van der Waals surface area contributed by atoms with Gasteiger partial charge in [-0.3, -0.25) is 0 Å². The van der Waals surface area contributed by atoms with E-state index >= 15 is 0 Å². The zero-order valence-corrected chi connectivity index (χ0v) is 24.2. The van der Waals surface area contributed by atoms with Crippen molar-refractivity contribution in [3.63, 3.8) is 0 Å². The second-order valence-electron chi connectivity index (χ2n) is 9.79. The number of quaternary nitrogens is 4. The van der Waals surface area contributed by atoms with E-state index in [9.17, 15) is 30.6 Å². The van der Waals surface area contributed by atoms with Crippen molar-refractivity contribution in [1.82, 2.24) is 0 Å². The molecule has 3 rings (SSSR count). The molecule has 0 amide bonds. The van der Waals surface area contributed by atoms with E-state index < -0.39 is 91.6 Å². The maximum absolute atomic E-state index is 10.9. The monoisotopic (exact) mass is 640 g/mol. The summed E-state index contributed by atoms with van der Waals surface area (Å²) in [4.78, 5) is 0. The molecule has 0 spiro atoms. The van der Waals surface area contributed by atoms with Gasteiger partial charge >= 0.3 is 0 Å². The lowest BCUT2D eigenvalue weighted by Gasteiger charge is -2.46. The molecule has 0 radical (unpaired) electrons. The molecule has 1 saturated carbocycles. The zero-order chi connectivity index (χ0) is 25.3. The second kappa shape index (κ2) is 17.5. The first-order valence-electron chi connectivity index (χ1n) is 11.9. The van der Waals surface area contributed by atoms with Crippen LogP contribution in [0.25, 0.3) is 0 Å². The van der Waals surface area contributed by atoms with E-state index in [1.165, 1.54) is 0 Å². The first-order valence-corrected chi connectivity index (χ1v) is 11.9. The molecular formula is C20H44Cl4N4O10. The number of hydrogen-bond donors (Lipinski definition) is 10. The number of rotatable bonds is 7. The Bertz CT molecular complexity index is 669. The maximum atomic E-state index is 10.9. The molecule has 0 bridgehead atoms. The van der Waals surface area contributed by atoms with Gasteiger partial charge in [-0.05, 0) is 13.3 Å². The summed E-state index contributed by atoms with van der Waals surface area (Å²) in [6.45, 7) is 1.74. The van der Waals surface area contributed by atoms with Gasteiger partial charge in [0.2, 0.25) is 6.29 Å². The summed E-state index contributed by atoms with van der Waals surface area (Å²) in [6.07, 6.45) is -10.9. The molecule has 0 aromatic carbocycles. The average molecular weight is 642 g/mol. The molecule has 2 saturated heterocycles. The first kappa shape index (κ1) is 40.7. The Morgan fingerprint density at radius 1 is 0.737 bits per heavy atom. The molecule has 0 unspecified atom stereocenters. The smallest absolute Gasteiger partial charge is 0.214 e. The van der Waals surface area contributed by atoms with Crippen LogP contribution in [0.4, 0.5) is 0 Å². The van der Waals surface area contributed by atoms with Gasteiger partial charge in [0.1, 0.15) is 61.4 Å². The fourth-order valence-electron chi connectivity index (χ4n) is 5.16. The predicted octanol–water partition coefficient (Wildman–Crippen LogP) is -20.5. The highest BCUT2D eigenvalue weighted by molar-refractivity contribution is 4.97. The van der Waals surface area contributed by atoms with Crippen LogP contribution in [0, 0.1) is 5.92 Å². The molecule has 15 atom stereocenters. The van der Waals surface area contributed by atoms with Crippen LogP contribution in [-0.2, 0) is 18.9 Å². The largest absolute Gasteiger partial charge is 1.00 e. The van der Waals surface area contributed by atoms with Gasteiger partial charge in [0.25, 0.3) is 0 Å². The van der Waals surface area contributed by atoms with Crippen molar-refractivity contribution in [2.45, 2.75) is 105 Å². The maximum Gasteiger partial charge on any atom is 0.214 e. The second-order valence-corrected chi connectivity index (χ2v) is 9.79. The highest BCUT2D eigenvalue weighted by atomic mass is 35.5. The fourth-order valence-corrected chi connectivity index (χ4v) is 5.16. The van der Waals surface area contributed by atoms with Gasteiger partial charge in [0.05, 0.1) is 18.6 Å². The van der Waals surface area contributed by atoms with Gasteiger partial charge < -0.3 is 122 Å². The van der Waals surface area contributed by atoms with Crippen LogP contribution < -0.4 is 72.6 Å². The lowest BCUT2D eigenvalue weighted by molar-refractivity contribution is -0.537. The van der Waals surface area contributed by atoms with Crippen molar-refractivity contribution in [1.29, 1.82) is 0 Å². The standard InChI is InChI=1S/C20H40N4O10.4ClH/c1-6-7(2-3-25)12(26)16(30)20(31-6)34-18-13(27)8(22)4-9(23)17(18)33-19-11(24)15(29)14(28)10(5-21)32-19;;;;/h6-20,25-30H,2-5,21-24H2,1H3;4*1H/t6-,7-,8-,9+,10-,11-,12+,13+,14-,15-,16-,17-,18-,19-,20+;;;;/m1..../s1. The molecule has 1 aliphatic carbocycles. The third-order valence-corrected chi connectivity index (χ3v) is 7.39. The van der Waals surface area contributed by atoms with E-state index in [0.29, 0.717) is 6.42 Å². The van der Waals surface area contributed by atoms with Crippen LogP contribution in [0.3, 0.4) is 0 Å². The van der Waals surface area contributed by atoms with Crippen molar-refractivity contribution in [3.8, 4) is 0 Å². The Morgan fingerprint density at radius 3 is 1.87 bits per heavy atom. The summed E-state index contributed by atoms with van der Waals surface area (Å²) in [5.74, 6) is -0.487. The van der Waals surface area contributed by atoms with Crippen molar-refractivity contribution >= 4 is 0 Å². The third-order valence-electron chi connectivity index (χ3n) is 7.39. The van der Waals surface area contributed by atoms with Gasteiger partial charge in [-0.1, -0.05) is 0 Å². The number of aliphatic hydroxyl groups is 6. The van der Waals surface area contributed by atoms with Gasteiger partial charge in [0.15, 0.2) is 12.3 Å². The number of hydrogen-bond acceptors (Lipinski definition) is 10. The lowest BCUT2D eigenvalue weighted by Crippen LogP contribution is -3.00. The van der Waals surface area contributed by atoms with Crippen LogP contribution in [-0.4, -0.2) is 129 Å². The molecule has 38 heavy (non-hydrogen) atoms. The molecule has 2 aliphatic heterocycles. The van der Waals surface area contributed by atoms with E-state index in [2.05, 4.69) is 22.9 Å². The van der Waals surface area contributed by atoms with Crippen LogP contribution >= 0.6 is 0 Å². The van der Waals surface area contributed by atoms with Crippen molar-refractivity contribution in [2.75, 3.05) is 13.2 Å². The predicted molar refractivity (Wildman–Crippen MR) is 110 cm³/mol. The Morgan fingerprint density at radius 2 is 1.32 bits per heavy atom. The molecule has 2 heterocycles. The van der Waals surface area contributed by atoms with E-state index in [0.717, 1.165) is 0 Å². The topological polar surface area (TPSA) is 269 Å². The normalized spacial score (nSPS) is 47.0. The molecular weight excluding hydrogens is 598 g/mol. The van der Waals surface area contributed by atoms with Gasteiger partial charge in [-0.25, -0.2) is 0 Å². The highest BCUT2D eigenvalue weighted by Gasteiger charge is 2.54. The van der Waals surface area contributed by atoms with Gasteiger partial charge in [-0.2, -0.15) is 0 Å². The van der Waals surface area contributed by atoms with Crippen LogP contribution in [0.1, 0.15) is 19.8 Å². The summed E-state index contributed by atoms with van der Waals surface area (Å²) in [7, 11) is 0. The Hall–Kier alpha value is 0.600. The average Bonchev–Trinajstić information content (AvgIpc) is 2.80. The summed E-state index contributed by atoms with van der Waals surface area (Å²) < 4.78 is 23.7. The minimum absolute atomic E-state index is 0. The van der Waals surface area contributed by atoms with Gasteiger partial charge in [-0.15, -0.1) is 0 Å². The molecule has 3 fully saturated rings. The summed E-state index contributed by atoms with van der Waals surface area (Å²) in [6, 6.07) is -1.68. The minimum atomic E-state index is -1.42. The van der Waals surface area contributed by atoms with Crippen LogP contribution in [0.5, 0.6) is 0 Å². The molecule has 18 N–H and O–H groups in total. The first-order chi connectivity index (χ1) is 16.0. The SMILES string of the molecule is C[C@H]1O[C@@H](O[C@@H]2[C@@H](O)[C@H]([NH3+])C[C@H]([NH3+])[C@H]2O[C@H]2O[C@H](C[NH3+])[C@@H](O)[C@H](O)[C@H]2[NH3+])[C@H](O)[C@@H](O)[C@@H]1CCO.[Cl-].[Cl-].[Cl-].[Cl-]. The molecule has 0 aromatic heterocycles. The number of aliphatic hydroxyl groups excluding tert-OH is 6. The third kappa shape index (κ3) is 8.56. The van der Waals surface area contributed by atoms with E-state index in [1.54, 1.807) is 6.92 Å². The molecule has 18 heteroatoms. The van der Waals surface area contributed by atoms with Gasteiger partial charge in [0, 0.05) is 12.5 Å². The number of ether oxygens (including phenoxy) is 4. The fraction of sp³-hybridized carbons (Fsp3) is 1.00. The quantitative estimate of drug-likeness (QED) is 0.125. The van der Waals surface area contributed by atoms with E-state index in [4.69, 9.17) is 18.9 Å². The number of halogens is 4. The van der Waals surface area contributed by atoms with Crippen molar-refractivity contribution in [3.05, 3.63) is 0 Å². The Labute approximate surface area is 246 Å². The molecule has 3 aliphatic rings. The Kier molecular flexibility index (Phi) is 18.8. The molecule has 0 aromatic rings. The van der Waals surface area contributed by atoms with Crippen molar-refractivity contribution < 1.29 is 122 Å². The summed E-state index contributed by atoms with van der Waals surface area (Å²) >= 11 is 0. The Balaban J connectivity index is 0. The summed E-state index contributed by atoms with van der Waals surface area (Å²) in [5.41, 5.74) is 15.7. The van der Waals surface area contributed by atoms with E-state index in [1.807, 2.05) is 0 Å². The lowest BCUT2D eigenvalue weighted by atomic mass is 9.83. The van der Waals surface area contributed by atoms with E-state index in [-0.39, 0.29) is 69.2 Å². The highest BCUT2D eigenvalue weighted by Crippen LogP contribution is 2.33. The summed E-state index contributed by atoms with van der Waals surface area (Å²) in [5, 5.41) is 61.9. The zero-order valence-electron chi connectivity index (χ0n) is 21.1. The van der Waals surface area contributed by atoms with Crippen LogP contribution in [0.2, 0.25) is 0 Å². The minimum Gasteiger partial charge on any atom is -1.00 e.